The Morgan fingerprint density at radius 2 is 2.14 bits per heavy atom. The highest BCUT2D eigenvalue weighted by Gasteiger charge is 2.10. The summed E-state index contributed by atoms with van der Waals surface area (Å²) >= 11 is 3.35. The third kappa shape index (κ3) is 1.43. The van der Waals surface area contributed by atoms with Crippen molar-refractivity contribution >= 4 is 27.0 Å². The van der Waals surface area contributed by atoms with E-state index in [1.807, 2.05) is 4.57 Å². The second-order valence-corrected chi connectivity index (χ2v) is 4.36. The number of halogens is 2. The van der Waals surface area contributed by atoms with Crippen molar-refractivity contribution in [2.45, 2.75) is 19.9 Å². The van der Waals surface area contributed by atoms with E-state index in [-0.39, 0.29) is 5.82 Å². The van der Waals surface area contributed by atoms with E-state index in [1.54, 1.807) is 6.33 Å². The molecule has 2 rings (SSSR count). The molecule has 1 aromatic heterocycles. The Hall–Kier alpha value is -0.900. The highest BCUT2D eigenvalue weighted by molar-refractivity contribution is 9.10. The van der Waals surface area contributed by atoms with Crippen LogP contribution >= 0.6 is 15.9 Å². The van der Waals surface area contributed by atoms with Gasteiger partial charge in [-0.15, -0.1) is 0 Å². The normalized spacial score (nSPS) is 11.5. The molecule has 4 heteroatoms. The molecule has 0 aliphatic heterocycles. The second-order valence-electron chi connectivity index (χ2n) is 3.50. The summed E-state index contributed by atoms with van der Waals surface area (Å²) in [6, 6.07) is 3.23. The molecule has 2 aromatic rings. The van der Waals surface area contributed by atoms with Gasteiger partial charge in [0, 0.05) is 16.6 Å². The summed E-state index contributed by atoms with van der Waals surface area (Å²) in [4.78, 5) is 4.15. The molecule has 1 aromatic carbocycles. The first-order valence-corrected chi connectivity index (χ1v) is 5.20. The van der Waals surface area contributed by atoms with Gasteiger partial charge in [0.15, 0.2) is 0 Å². The van der Waals surface area contributed by atoms with Crippen molar-refractivity contribution in [3.63, 3.8) is 0 Å². The lowest BCUT2D eigenvalue weighted by Gasteiger charge is -2.08. The van der Waals surface area contributed by atoms with Crippen molar-refractivity contribution in [1.29, 1.82) is 0 Å². The quantitative estimate of drug-likeness (QED) is 0.764. The summed E-state index contributed by atoms with van der Waals surface area (Å²) in [5.41, 5.74) is 1.63. The lowest BCUT2D eigenvalue weighted by atomic mass is 10.3. The molecule has 0 fully saturated rings. The van der Waals surface area contributed by atoms with Crippen molar-refractivity contribution in [1.82, 2.24) is 9.55 Å². The summed E-state index contributed by atoms with van der Waals surface area (Å²) in [5, 5.41) is 0. The maximum absolute atomic E-state index is 13.0. The van der Waals surface area contributed by atoms with Crippen LogP contribution in [0, 0.1) is 5.82 Å². The third-order valence-electron chi connectivity index (χ3n) is 2.14. The topological polar surface area (TPSA) is 17.8 Å². The predicted molar refractivity (Wildman–Crippen MR) is 57.8 cm³/mol. The summed E-state index contributed by atoms with van der Waals surface area (Å²) in [5.74, 6) is -0.265. The average Bonchev–Trinajstić information content (AvgIpc) is 2.47. The molecule has 0 unspecified atom stereocenters. The third-order valence-corrected chi connectivity index (χ3v) is 2.75. The molecule has 1 heterocycles. The Balaban J connectivity index is 2.79. The fourth-order valence-electron chi connectivity index (χ4n) is 1.48. The maximum Gasteiger partial charge on any atom is 0.126 e. The number of aromatic nitrogens is 2. The predicted octanol–water partition coefficient (Wildman–Crippen LogP) is 3.52. The van der Waals surface area contributed by atoms with E-state index in [2.05, 4.69) is 34.8 Å². The smallest absolute Gasteiger partial charge is 0.126 e. The summed E-state index contributed by atoms with van der Waals surface area (Å²) < 4.78 is 15.8. The van der Waals surface area contributed by atoms with Crippen LogP contribution in [0.5, 0.6) is 0 Å². The minimum atomic E-state index is -0.265. The molecule has 0 N–H and O–H groups in total. The molecule has 0 saturated heterocycles. The van der Waals surface area contributed by atoms with Gasteiger partial charge >= 0.3 is 0 Å². The largest absolute Gasteiger partial charge is 0.327 e. The molecule has 14 heavy (non-hydrogen) atoms. The average molecular weight is 257 g/mol. The Labute approximate surface area is 89.9 Å². The van der Waals surface area contributed by atoms with Gasteiger partial charge in [0.25, 0.3) is 0 Å². The first kappa shape index (κ1) is 9.65. The van der Waals surface area contributed by atoms with E-state index in [9.17, 15) is 4.39 Å². The maximum atomic E-state index is 13.0. The van der Waals surface area contributed by atoms with E-state index < -0.39 is 0 Å². The number of hydrogen-bond donors (Lipinski definition) is 0. The summed E-state index contributed by atoms with van der Waals surface area (Å²) in [6.45, 7) is 4.13. The molecule has 0 aliphatic carbocycles. The highest BCUT2D eigenvalue weighted by Crippen LogP contribution is 2.26. The van der Waals surface area contributed by atoms with Crippen molar-refractivity contribution in [3.05, 3.63) is 28.7 Å². The first-order chi connectivity index (χ1) is 6.59. The molecule has 0 spiro atoms. The number of hydrogen-bond acceptors (Lipinski definition) is 1. The zero-order valence-corrected chi connectivity index (χ0v) is 9.55. The number of benzene rings is 1. The molecule has 0 radical (unpaired) electrons. The van der Waals surface area contributed by atoms with Crippen LogP contribution in [-0.2, 0) is 0 Å². The second kappa shape index (κ2) is 3.35. The Kier molecular flexibility index (Phi) is 2.31. The minimum absolute atomic E-state index is 0.265. The molecular weight excluding hydrogens is 247 g/mol. The van der Waals surface area contributed by atoms with Crippen LogP contribution in [0.15, 0.2) is 22.9 Å². The number of rotatable bonds is 1. The minimum Gasteiger partial charge on any atom is -0.327 e. The van der Waals surface area contributed by atoms with Crippen molar-refractivity contribution in [2.75, 3.05) is 0 Å². The van der Waals surface area contributed by atoms with Crippen LogP contribution < -0.4 is 0 Å². The van der Waals surface area contributed by atoms with Crippen LogP contribution in [-0.4, -0.2) is 9.55 Å². The van der Waals surface area contributed by atoms with E-state index in [0.29, 0.717) is 11.6 Å². The lowest BCUT2D eigenvalue weighted by Crippen LogP contribution is -1.98. The molecule has 0 aliphatic rings. The molecule has 0 bridgehead atoms. The van der Waals surface area contributed by atoms with Gasteiger partial charge < -0.3 is 4.57 Å². The van der Waals surface area contributed by atoms with Gasteiger partial charge in [-0.2, -0.15) is 0 Å². The standard InChI is InChI=1S/C10H10BrFN2/c1-6(2)14-5-13-9-4-7(12)3-8(11)10(9)14/h3-6H,1-2H3. The van der Waals surface area contributed by atoms with Gasteiger partial charge in [0.1, 0.15) is 5.82 Å². The molecule has 0 atom stereocenters. The van der Waals surface area contributed by atoms with E-state index in [1.165, 1.54) is 12.1 Å². The van der Waals surface area contributed by atoms with Gasteiger partial charge in [0.05, 0.1) is 17.4 Å². The van der Waals surface area contributed by atoms with Gasteiger partial charge in [0.2, 0.25) is 0 Å². The number of nitrogens with zero attached hydrogens (tertiary/aromatic N) is 2. The Morgan fingerprint density at radius 3 is 2.79 bits per heavy atom. The first-order valence-electron chi connectivity index (χ1n) is 4.41. The number of fused-ring (bicyclic) bond motifs is 1. The zero-order valence-electron chi connectivity index (χ0n) is 7.96. The lowest BCUT2D eigenvalue weighted by molar-refractivity contribution is 0.614. The monoisotopic (exact) mass is 256 g/mol. The van der Waals surface area contributed by atoms with Crippen molar-refractivity contribution < 1.29 is 4.39 Å². The van der Waals surface area contributed by atoms with Crippen LogP contribution in [0.25, 0.3) is 11.0 Å². The zero-order chi connectivity index (χ0) is 10.3. The van der Waals surface area contributed by atoms with E-state index in [0.717, 1.165) is 9.99 Å². The van der Waals surface area contributed by atoms with E-state index >= 15 is 0 Å². The van der Waals surface area contributed by atoms with Gasteiger partial charge in [-0.3, -0.25) is 0 Å². The van der Waals surface area contributed by atoms with Gasteiger partial charge in [-0.25, -0.2) is 9.37 Å². The van der Waals surface area contributed by atoms with Gasteiger partial charge in [-0.1, -0.05) is 0 Å². The Bertz CT molecular complexity index is 476. The Morgan fingerprint density at radius 1 is 1.43 bits per heavy atom. The highest BCUT2D eigenvalue weighted by atomic mass is 79.9. The fraction of sp³-hybridized carbons (Fsp3) is 0.300. The summed E-state index contributed by atoms with van der Waals surface area (Å²) in [6.07, 6.45) is 1.74. The summed E-state index contributed by atoms with van der Waals surface area (Å²) in [7, 11) is 0. The number of imidazole rings is 1. The molecule has 0 saturated carbocycles. The SMILES string of the molecule is CC(C)n1cnc2cc(F)cc(Br)c21. The fourth-order valence-corrected chi connectivity index (χ4v) is 2.11. The van der Waals surface area contributed by atoms with Crippen LogP contribution in [0.2, 0.25) is 0 Å². The van der Waals surface area contributed by atoms with E-state index in [4.69, 9.17) is 0 Å². The van der Waals surface area contributed by atoms with Crippen LogP contribution in [0.1, 0.15) is 19.9 Å². The molecular formula is C10H10BrFN2. The van der Waals surface area contributed by atoms with Crippen LogP contribution in [0.3, 0.4) is 0 Å². The molecule has 0 amide bonds. The molecule has 74 valence electrons. The van der Waals surface area contributed by atoms with Crippen LogP contribution in [0.4, 0.5) is 4.39 Å². The molecule has 2 nitrogen and oxygen atoms in total. The van der Waals surface area contributed by atoms with Crippen molar-refractivity contribution in [3.8, 4) is 0 Å². The van der Waals surface area contributed by atoms with Crippen molar-refractivity contribution in [2.24, 2.45) is 0 Å². The van der Waals surface area contributed by atoms with Gasteiger partial charge in [-0.05, 0) is 35.8 Å².